The number of aliphatic carboxylic acids is 1. The maximum absolute atomic E-state index is 12.9. The molecule has 2 atom stereocenters. The van der Waals surface area contributed by atoms with Crippen molar-refractivity contribution in [1.29, 1.82) is 0 Å². The number of pyridine rings is 1. The van der Waals surface area contributed by atoms with E-state index in [4.69, 9.17) is 15.2 Å². The van der Waals surface area contributed by atoms with Crippen molar-refractivity contribution in [2.45, 2.75) is 5.92 Å². The Kier molecular flexibility index (Phi) is 3.91. The van der Waals surface area contributed by atoms with Crippen LogP contribution in [0.4, 0.5) is 5.82 Å². The van der Waals surface area contributed by atoms with Gasteiger partial charge >= 0.3 is 5.97 Å². The molecule has 1 aromatic heterocycles. The molecule has 1 saturated heterocycles. The highest BCUT2D eigenvalue weighted by atomic mass is 16.5. The first-order valence-electron chi connectivity index (χ1n) is 8.50. The molecule has 0 unspecified atom stereocenters. The predicted molar refractivity (Wildman–Crippen MR) is 95.9 cm³/mol. The summed E-state index contributed by atoms with van der Waals surface area (Å²) >= 11 is 0. The number of aromatic nitrogens is 1. The smallest absolute Gasteiger partial charge is 0.315 e. The highest BCUT2D eigenvalue weighted by Crippen LogP contribution is 2.52. The van der Waals surface area contributed by atoms with E-state index < -0.39 is 11.4 Å². The number of carboxylic acids is 1. The molecular weight excluding hydrogens is 350 g/mol. The number of methoxy groups -OCH3 is 1. The number of nitrogen functional groups attached to an aromatic ring is 1. The number of carbonyl (C=O) groups is 2. The normalized spacial score (nSPS) is 23.1. The van der Waals surface area contributed by atoms with Crippen molar-refractivity contribution in [3.63, 3.8) is 0 Å². The molecule has 4 rings (SSSR count). The van der Waals surface area contributed by atoms with Gasteiger partial charge in [-0.05, 0) is 18.2 Å². The molecule has 0 bridgehead atoms. The Labute approximate surface area is 155 Å². The van der Waals surface area contributed by atoms with Gasteiger partial charge in [-0.3, -0.25) is 9.59 Å². The van der Waals surface area contributed by atoms with Crippen LogP contribution >= 0.6 is 0 Å². The summed E-state index contributed by atoms with van der Waals surface area (Å²) in [5.41, 5.74) is 5.49. The van der Waals surface area contributed by atoms with Crippen LogP contribution in [-0.2, 0) is 4.79 Å². The van der Waals surface area contributed by atoms with Gasteiger partial charge < -0.3 is 25.2 Å². The Balaban J connectivity index is 1.72. The van der Waals surface area contributed by atoms with Crippen LogP contribution in [0.1, 0.15) is 21.8 Å². The number of rotatable bonds is 3. The number of para-hydroxylation sites is 1. The number of amides is 1. The lowest BCUT2D eigenvalue weighted by molar-refractivity contribution is -0.151. The molecule has 8 nitrogen and oxygen atoms in total. The lowest BCUT2D eigenvalue weighted by atomic mass is 9.73. The van der Waals surface area contributed by atoms with Gasteiger partial charge in [-0.15, -0.1) is 0 Å². The zero-order chi connectivity index (χ0) is 19.2. The molecule has 3 heterocycles. The van der Waals surface area contributed by atoms with Gasteiger partial charge in [0.25, 0.3) is 5.91 Å². The maximum atomic E-state index is 12.9. The average Bonchev–Trinajstić information content (AvgIpc) is 3.09. The zero-order valence-corrected chi connectivity index (χ0v) is 14.7. The van der Waals surface area contributed by atoms with E-state index in [9.17, 15) is 14.7 Å². The minimum absolute atomic E-state index is 0.0237. The molecule has 2 aliphatic heterocycles. The molecule has 140 valence electrons. The van der Waals surface area contributed by atoms with E-state index in [0.717, 1.165) is 5.56 Å². The van der Waals surface area contributed by atoms with Crippen LogP contribution in [-0.4, -0.2) is 53.7 Å². The van der Waals surface area contributed by atoms with E-state index in [0.29, 0.717) is 22.9 Å². The molecule has 2 aliphatic rings. The Hall–Kier alpha value is -3.29. The number of benzene rings is 1. The predicted octanol–water partition coefficient (Wildman–Crippen LogP) is 1.38. The monoisotopic (exact) mass is 369 g/mol. The second-order valence-corrected chi connectivity index (χ2v) is 6.84. The zero-order valence-electron chi connectivity index (χ0n) is 14.7. The van der Waals surface area contributed by atoms with Gasteiger partial charge in [0.05, 0.1) is 12.7 Å². The highest BCUT2D eigenvalue weighted by Gasteiger charge is 2.58. The molecule has 1 aromatic carbocycles. The molecule has 27 heavy (non-hydrogen) atoms. The summed E-state index contributed by atoms with van der Waals surface area (Å²) < 4.78 is 11.1. The van der Waals surface area contributed by atoms with Crippen LogP contribution in [0.3, 0.4) is 0 Å². The van der Waals surface area contributed by atoms with Gasteiger partial charge in [0, 0.05) is 30.8 Å². The Morgan fingerprint density at radius 3 is 2.85 bits per heavy atom. The van der Waals surface area contributed by atoms with Crippen LogP contribution in [0.15, 0.2) is 36.5 Å². The van der Waals surface area contributed by atoms with Crippen molar-refractivity contribution in [3.8, 4) is 11.5 Å². The van der Waals surface area contributed by atoms with Crippen LogP contribution in [0.5, 0.6) is 11.5 Å². The summed E-state index contributed by atoms with van der Waals surface area (Å²) in [5, 5.41) is 9.98. The summed E-state index contributed by atoms with van der Waals surface area (Å²) in [4.78, 5) is 30.6. The third kappa shape index (κ3) is 2.56. The molecule has 1 amide bonds. The van der Waals surface area contributed by atoms with Crippen molar-refractivity contribution in [1.82, 2.24) is 9.88 Å². The molecule has 3 N–H and O–H groups in total. The number of carboxylic acid groups (broad SMARTS) is 1. The molecular formula is C19H19N3O5. The van der Waals surface area contributed by atoms with E-state index in [1.165, 1.54) is 13.3 Å². The van der Waals surface area contributed by atoms with Crippen LogP contribution in [0.2, 0.25) is 0 Å². The summed E-state index contributed by atoms with van der Waals surface area (Å²) in [6.45, 7) is 0.316. The standard InChI is InChI=1S/C19H19N3O5/c1-26-14-4-2-3-12-13-8-22(17(23)11-5-6-15(20)21-7-11)9-19(13,18(24)25)10-27-16(12)14/h2-7,13H,8-10H2,1H3,(H2,20,21)(H,24,25)/t13-,19-/m1/s1. The van der Waals surface area contributed by atoms with Gasteiger partial charge in [0.1, 0.15) is 17.8 Å². The van der Waals surface area contributed by atoms with E-state index in [1.54, 1.807) is 29.2 Å². The van der Waals surface area contributed by atoms with Gasteiger partial charge in [0.2, 0.25) is 0 Å². The summed E-state index contributed by atoms with van der Waals surface area (Å²) in [6.07, 6.45) is 1.40. The fourth-order valence-corrected chi connectivity index (χ4v) is 3.92. The SMILES string of the molecule is COc1cccc2c1OC[C@]1(C(=O)O)CN(C(=O)c3ccc(N)nc3)C[C@H]21. The quantitative estimate of drug-likeness (QED) is 0.840. The number of anilines is 1. The highest BCUT2D eigenvalue weighted by molar-refractivity contribution is 5.95. The third-order valence-electron chi connectivity index (χ3n) is 5.37. The van der Waals surface area contributed by atoms with Gasteiger partial charge in [-0.25, -0.2) is 4.98 Å². The topological polar surface area (TPSA) is 115 Å². The van der Waals surface area contributed by atoms with Crippen LogP contribution < -0.4 is 15.2 Å². The number of likely N-dealkylation sites (tertiary alicyclic amines) is 1. The van der Waals surface area contributed by atoms with Gasteiger partial charge in [-0.1, -0.05) is 12.1 Å². The number of hydrogen-bond acceptors (Lipinski definition) is 6. The molecule has 0 saturated carbocycles. The number of ether oxygens (including phenoxy) is 2. The van der Waals surface area contributed by atoms with Crippen molar-refractivity contribution in [2.24, 2.45) is 5.41 Å². The second-order valence-electron chi connectivity index (χ2n) is 6.84. The number of nitrogens with zero attached hydrogens (tertiary/aromatic N) is 2. The lowest BCUT2D eigenvalue weighted by Gasteiger charge is -2.36. The molecule has 0 aliphatic carbocycles. The van der Waals surface area contributed by atoms with E-state index in [1.807, 2.05) is 6.07 Å². The van der Waals surface area contributed by atoms with Crippen molar-refractivity contribution in [3.05, 3.63) is 47.7 Å². The van der Waals surface area contributed by atoms with Crippen LogP contribution in [0.25, 0.3) is 0 Å². The van der Waals surface area contributed by atoms with Crippen molar-refractivity contribution in [2.75, 3.05) is 32.5 Å². The van der Waals surface area contributed by atoms with E-state index in [2.05, 4.69) is 4.98 Å². The average molecular weight is 369 g/mol. The lowest BCUT2D eigenvalue weighted by Crippen LogP contribution is -2.46. The van der Waals surface area contributed by atoms with Gasteiger partial charge in [0.15, 0.2) is 11.5 Å². The van der Waals surface area contributed by atoms with E-state index >= 15 is 0 Å². The molecule has 8 heteroatoms. The number of nitrogens with two attached hydrogens (primary N) is 1. The Morgan fingerprint density at radius 1 is 1.37 bits per heavy atom. The molecule has 0 radical (unpaired) electrons. The van der Waals surface area contributed by atoms with Crippen molar-refractivity contribution >= 4 is 17.7 Å². The molecule has 1 fully saturated rings. The summed E-state index contributed by atoms with van der Waals surface area (Å²) in [5.74, 6) is -0.226. The van der Waals surface area contributed by atoms with Crippen LogP contribution in [0, 0.1) is 5.41 Å². The largest absolute Gasteiger partial charge is 0.493 e. The fourth-order valence-electron chi connectivity index (χ4n) is 3.92. The number of hydrogen-bond donors (Lipinski definition) is 2. The Bertz CT molecular complexity index is 914. The first-order valence-corrected chi connectivity index (χ1v) is 8.50. The maximum Gasteiger partial charge on any atom is 0.315 e. The summed E-state index contributed by atoms with van der Waals surface area (Å²) in [7, 11) is 1.54. The molecule has 2 aromatic rings. The first kappa shape index (κ1) is 17.1. The molecule has 0 spiro atoms. The summed E-state index contributed by atoms with van der Waals surface area (Å²) in [6, 6.07) is 8.54. The third-order valence-corrected chi connectivity index (χ3v) is 5.37. The number of carbonyl (C=O) groups excluding carboxylic acids is 1. The fraction of sp³-hybridized carbons (Fsp3) is 0.316. The Morgan fingerprint density at radius 2 is 2.19 bits per heavy atom. The second kappa shape index (κ2) is 6.15. The number of fused-ring (bicyclic) bond motifs is 3. The van der Waals surface area contributed by atoms with Gasteiger partial charge in [-0.2, -0.15) is 0 Å². The van der Waals surface area contributed by atoms with Crippen molar-refractivity contribution < 1.29 is 24.2 Å². The minimum atomic E-state index is -1.20. The first-order chi connectivity index (χ1) is 13.0. The minimum Gasteiger partial charge on any atom is -0.493 e. The van der Waals surface area contributed by atoms with E-state index in [-0.39, 0.29) is 31.5 Å².